The van der Waals surface area contributed by atoms with Crippen LogP contribution in [-0.4, -0.2) is 39.9 Å². The first-order chi connectivity index (χ1) is 13.2. The van der Waals surface area contributed by atoms with E-state index in [4.69, 9.17) is 4.74 Å². The minimum Gasteiger partial charge on any atom is -0.360 e. The number of nitrogens with one attached hydrogen (secondary N) is 1. The number of benzene rings is 1. The third-order valence-corrected chi connectivity index (χ3v) is 5.65. The van der Waals surface area contributed by atoms with E-state index in [0.29, 0.717) is 13.1 Å². The second-order valence-corrected chi connectivity index (χ2v) is 7.31. The van der Waals surface area contributed by atoms with Gasteiger partial charge in [-0.15, -0.1) is 0 Å². The van der Waals surface area contributed by atoms with E-state index in [2.05, 4.69) is 10.3 Å². The van der Waals surface area contributed by atoms with Crippen LogP contribution in [0.3, 0.4) is 0 Å². The molecule has 3 aliphatic rings. The Bertz CT molecular complexity index is 915. The highest BCUT2D eigenvalue weighted by Crippen LogP contribution is 2.52. The van der Waals surface area contributed by atoms with Crippen LogP contribution in [0.2, 0.25) is 0 Å². The van der Waals surface area contributed by atoms with Crippen molar-refractivity contribution in [3.8, 4) is 0 Å². The number of rotatable bonds is 4. The van der Waals surface area contributed by atoms with Gasteiger partial charge in [0.15, 0.2) is 0 Å². The van der Waals surface area contributed by atoms with Gasteiger partial charge in [0.05, 0.1) is 24.5 Å². The molecule has 4 heterocycles. The summed E-state index contributed by atoms with van der Waals surface area (Å²) in [5.74, 6) is -1.17. The lowest BCUT2D eigenvalue weighted by atomic mass is 9.77. The SMILES string of the molecule is O=C(Nc1ccccc1)[C@@H]1[C@@H]2C=C[C@@]3(CN(Cc4ccncc4)C(=O)[C@@H]13)O2. The average Bonchev–Trinajstić information content (AvgIpc) is 3.32. The fraction of sp³-hybridized carbons (Fsp3) is 0.286. The average molecular weight is 361 g/mol. The highest BCUT2D eigenvalue weighted by molar-refractivity contribution is 5.99. The third-order valence-electron chi connectivity index (χ3n) is 5.65. The van der Waals surface area contributed by atoms with Crippen molar-refractivity contribution in [1.82, 2.24) is 9.88 Å². The van der Waals surface area contributed by atoms with Crippen molar-refractivity contribution in [2.24, 2.45) is 11.8 Å². The molecular weight excluding hydrogens is 342 g/mol. The highest BCUT2D eigenvalue weighted by atomic mass is 16.5. The van der Waals surface area contributed by atoms with Gasteiger partial charge < -0.3 is 15.0 Å². The summed E-state index contributed by atoms with van der Waals surface area (Å²) >= 11 is 0. The molecule has 4 atom stereocenters. The van der Waals surface area contributed by atoms with Crippen LogP contribution in [-0.2, 0) is 20.9 Å². The van der Waals surface area contributed by atoms with Crippen LogP contribution in [0.25, 0.3) is 0 Å². The van der Waals surface area contributed by atoms with Gasteiger partial charge in [0.1, 0.15) is 5.60 Å². The van der Waals surface area contributed by atoms with Gasteiger partial charge >= 0.3 is 0 Å². The Morgan fingerprint density at radius 3 is 2.78 bits per heavy atom. The molecule has 27 heavy (non-hydrogen) atoms. The Kier molecular flexibility index (Phi) is 3.62. The predicted molar refractivity (Wildman–Crippen MR) is 98.4 cm³/mol. The van der Waals surface area contributed by atoms with Crippen LogP contribution < -0.4 is 5.32 Å². The number of pyridine rings is 1. The van der Waals surface area contributed by atoms with E-state index >= 15 is 0 Å². The van der Waals surface area contributed by atoms with Crippen molar-refractivity contribution in [2.75, 3.05) is 11.9 Å². The van der Waals surface area contributed by atoms with Gasteiger partial charge in [-0.2, -0.15) is 0 Å². The van der Waals surface area contributed by atoms with Crippen LogP contribution in [0.1, 0.15) is 5.56 Å². The standard InChI is InChI=1S/C21H19N3O3/c25-19(23-15-4-2-1-3-5-15)17-16-6-9-21(27-16)13-24(20(26)18(17)21)12-14-7-10-22-11-8-14/h1-11,16-18H,12-13H2,(H,23,25)/t16-,17+,18+,21-/m0/s1. The quantitative estimate of drug-likeness (QED) is 0.846. The van der Waals surface area contributed by atoms with Crippen molar-refractivity contribution < 1.29 is 14.3 Å². The summed E-state index contributed by atoms with van der Waals surface area (Å²) in [6.07, 6.45) is 6.99. The largest absolute Gasteiger partial charge is 0.360 e. The first-order valence-electron chi connectivity index (χ1n) is 9.07. The molecule has 6 heteroatoms. The van der Waals surface area contributed by atoms with Crippen molar-refractivity contribution in [3.63, 3.8) is 0 Å². The van der Waals surface area contributed by atoms with Gasteiger partial charge in [-0.25, -0.2) is 0 Å². The van der Waals surface area contributed by atoms with Crippen LogP contribution in [0.5, 0.6) is 0 Å². The van der Waals surface area contributed by atoms with Crippen LogP contribution in [0.15, 0.2) is 67.0 Å². The van der Waals surface area contributed by atoms with Crippen LogP contribution in [0, 0.1) is 11.8 Å². The maximum Gasteiger partial charge on any atom is 0.231 e. The van der Waals surface area contributed by atoms with E-state index in [1.807, 2.05) is 54.6 Å². The molecule has 5 rings (SSSR count). The lowest BCUT2D eigenvalue weighted by Crippen LogP contribution is -2.41. The fourth-order valence-electron chi connectivity index (χ4n) is 4.47. The number of aromatic nitrogens is 1. The summed E-state index contributed by atoms with van der Waals surface area (Å²) in [6.45, 7) is 0.968. The zero-order valence-electron chi connectivity index (χ0n) is 14.6. The first-order valence-corrected chi connectivity index (χ1v) is 9.07. The molecule has 2 saturated heterocycles. The number of anilines is 1. The van der Waals surface area contributed by atoms with Crippen molar-refractivity contribution in [2.45, 2.75) is 18.2 Å². The monoisotopic (exact) mass is 361 g/mol. The molecule has 1 spiro atoms. The highest BCUT2D eigenvalue weighted by Gasteiger charge is 2.66. The number of para-hydroxylation sites is 1. The minimum atomic E-state index is -0.687. The number of ether oxygens (including phenoxy) is 1. The molecular formula is C21H19N3O3. The van der Waals surface area contributed by atoms with Crippen molar-refractivity contribution in [1.29, 1.82) is 0 Å². The number of fused-ring (bicyclic) bond motifs is 1. The topological polar surface area (TPSA) is 71.5 Å². The molecule has 2 fully saturated rings. The molecule has 1 aromatic heterocycles. The van der Waals surface area contributed by atoms with E-state index in [0.717, 1.165) is 11.3 Å². The summed E-state index contributed by atoms with van der Waals surface area (Å²) in [4.78, 5) is 31.9. The van der Waals surface area contributed by atoms with E-state index in [1.165, 1.54) is 0 Å². The Morgan fingerprint density at radius 2 is 2.00 bits per heavy atom. The summed E-state index contributed by atoms with van der Waals surface area (Å²) in [5.41, 5.74) is 1.05. The van der Waals surface area contributed by atoms with Crippen LogP contribution >= 0.6 is 0 Å². The molecule has 3 aliphatic heterocycles. The zero-order chi connectivity index (χ0) is 18.4. The summed E-state index contributed by atoms with van der Waals surface area (Å²) in [5, 5.41) is 2.93. The lowest BCUT2D eigenvalue weighted by molar-refractivity contribution is -0.136. The minimum absolute atomic E-state index is 0.0214. The molecule has 0 radical (unpaired) electrons. The Morgan fingerprint density at radius 1 is 1.22 bits per heavy atom. The number of likely N-dealkylation sites (tertiary alicyclic amines) is 1. The van der Waals surface area contributed by atoms with E-state index < -0.39 is 17.4 Å². The number of carbonyl (C=O) groups is 2. The first kappa shape index (κ1) is 16.2. The Labute approximate surface area is 156 Å². The van der Waals surface area contributed by atoms with E-state index in [9.17, 15) is 9.59 Å². The van der Waals surface area contributed by atoms with E-state index in [-0.39, 0.29) is 17.9 Å². The molecule has 6 nitrogen and oxygen atoms in total. The molecule has 1 aromatic carbocycles. The number of hydrogen-bond donors (Lipinski definition) is 1. The predicted octanol–water partition coefficient (Wildman–Crippen LogP) is 2.00. The van der Waals surface area contributed by atoms with Gasteiger partial charge in [0.2, 0.25) is 11.8 Å². The van der Waals surface area contributed by atoms with E-state index in [1.54, 1.807) is 17.3 Å². The summed E-state index contributed by atoms with van der Waals surface area (Å²) in [7, 11) is 0. The number of nitrogens with zero attached hydrogens (tertiary/aromatic N) is 2. The molecule has 0 saturated carbocycles. The van der Waals surface area contributed by atoms with Gasteiger partial charge in [-0.1, -0.05) is 30.4 Å². The molecule has 2 amide bonds. The zero-order valence-corrected chi connectivity index (χ0v) is 14.6. The molecule has 136 valence electrons. The van der Waals surface area contributed by atoms with Crippen molar-refractivity contribution in [3.05, 3.63) is 72.6 Å². The van der Waals surface area contributed by atoms with Gasteiger partial charge in [0.25, 0.3) is 0 Å². The second-order valence-electron chi connectivity index (χ2n) is 7.31. The maximum atomic E-state index is 13.2. The molecule has 0 aliphatic carbocycles. The number of hydrogen-bond acceptors (Lipinski definition) is 4. The second kappa shape index (κ2) is 6.03. The molecule has 1 N–H and O–H groups in total. The molecule has 2 bridgehead atoms. The van der Waals surface area contributed by atoms with Gasteiger partial charge in [-0.3, -0.25) is 14.6 Å². The summed E-state index contributed by atoms with van der Waals surface area (Å²) < 4.78 is 6.15. The molecule has 0 unspecified atom stereocenters. The maximum absolute atomic E-state index is 13.2. The molecule has 2 aromatic rings. The lowest BCUT2D eigenvalue weighted by Gasteiger charge is -2.23. The number of carbonyl (C=O) groups excluding carboxylic acids is 2. The normalized spacial score (nSPS) is 30.6. The van der Waals surface area contributed by atoms with Crippen molar-refractivity contribution >= 4 is 17.5 Å². The van der Waals surface area contributed by atoms with Gasteiger partial charge in [0, 0.05) is 24.6 Å². The number of amides is 2. The fourth-order valence-corrected chi connectivity index (χ4v) is 4.47. The Hall–Kier alpha value is -2.99. The Balaban J connectivity index is 1.39. The third kappa shape index (κ3) is 2.56. The van der Waals surface area contributed by atoms with Crippen LogP contribution in [0.4, 0.5) is 5.69 Å². The smallest absolute Gasteiger partial charge is 0.231 e. The van der Waals surface area contributed by atoms with Gasteiger partial charge in [-0.05, 0) is 29.8 Å². The summed E-state index contributed by atoms with van der Waals surface area (Å²) in [6, 6.07) is 13.1.